The van der Waals surface area contributed by atoms with E-state index >= 15 is 0 Å². The second-order valence-corrected chi connectivity index (χ2v) is 5.64. The van der Waals surface area contributed by atoms with E-state index in [1.807, 2.05) is 6.20 Å². The number of anilines is 1. The van der Waals surface area contributed by atoms with Gasteiger partial charge in [0.25, 0.3) is 0 Å². The molecule has 0 atom stereocenters. The average molecular weight is 277 g/mol. The molecule has 4 nitrogen and oxygen atoms in total. The van der Waals surface area contributed by atoms with Gasteiger partial charge in [-0.3, -0.25) is 0 Å². The fourth-order valence-electron chi connectivity index (χ4n) is 2.44. The predicted molar refractivity (Wildman–Crippen MR) is 83.2 cm³/mol. The van der Waals surface area contributed by atoms with Crippen molar-refractivity contribution in [1.82, 2.24) is 10.3 Å². The van der Waals surface area contributed by atoms with Gasteiger partial charge in [-0.05, 0) is 49.8 Å². The van der Waals surface area contributed by atoms with Crippen molar-refractivity contribution < 1.29 is 4.74 Å². The molecule has 0 unspecified atom stereocenters. The maximum absolute atomic E-state index is 5.03. The van der Waals surface area contributed by atoms with E-state index in [9.17, 15) is 0 Å². The zero-order chi connectivity index (χ0) is 14.4. The first-order valence-corrected chi connectivity index (χ1v) is 7.64. The molecule has 0 bridgehead atoms. The number of rotatable bonds is 9. The number of nitrogens with one attached hydrogen (secondary N) is 1. The predicted octanol–water partition coefficient (Wildman–Crippen LogP) is 2.36. The highest BCUT2D eigenvalue weighted by molar-refractivity contribution is 5.47. The molecule has 1 heterocycles. The zero-order valence-corrected chi connectivity index (χ0v) is 13.0. The summed E-state index contributed by atoms with van der Waals surface area (Å²) in [6.07, 6.45) is 4.77. The first kappa shape index (κ1) is 15.3. The van der Waals surface area contributed by atoms with Gasteiger partial charge in [0.05, 0.1) is 6.61 Å². The van der Waals surface area contributed by atoms with Crippen molar-refractivity contribution in [3.8, 4) is 0 Å². The number of pyridine rings is 1. The SMILES string of the molecule is CCN(CC1CC1)c1ncc(CNCCOC)cc1C. The van der Waals surface area contributed by atoms with Crippen LogP contribution in [0.3, 0.4) is 0 Å². The van der Waals surface area contributed by atoms with Crippen LogP contribution in [0.25, 0.3) is 0 Å². The number of hydrogen-bond donors (Lipinski definition) is 1. The summed E-state index contributed by atoms with van der Waals surface area (Å²) in [5.74, 6) is 2.05. The molecule has 1 aromatic heterocycles. The van der Waals surface area contributed by atoms with Gasteiger partial charge in [0.1, 0.15) is 5.82 Å². The fourth-order valence-corrected chi connectivity index (χ4v) is 2.44. The van der Waals surface area contributed by atoms with Gasteiger partial charge < -0.3 is 15.0 Å². The van der Waals surface area contributed by atoms with Crippen molar-refractivity contribution in [2.24, 2.45) is 5.92 Å². The van der Waals surface area contributed by atoms with Crippen LogP contribution < -0.4 is 10.2 Å². The Hall–Kier alpha value is -1.13. The van der Waals surface area contributed by atoms with Crippen molar-refractivity contribution in [1.29, 1.82) is 0 Å². The van der Waals surface area contributed by atoms with Crippen LogP contribution in [0.15, 0.2) is 12.3 Å². The van der Waals surface area contributed by atoms with Gasteiger partial charge in [-0.2, -0.15) is 0 Å². The highest BCUT2D eigenvalue weighted by atomic mass is 16.5. The van der Waals surface area contributed by atoms with Crippen molar-refractivity contribution in [3.63, 3.8) is 0 Å². The number of ether oxygens (including phenoxy) is 1. The van der Waals surface area contributed by atoms with E-state index in [-0.39, 0.29) is 0 Å². The van der Waals surface area contributed by atoms with Crippen molar-refractivity contribution in [2.75, 3.05) is 38.3 Å². The Morgan fingerprint density at radius 1 is 1.45 bits per heavy atom. The minimum absolute atomic E-state index is 0.746. The van der Waals surface area contributed by atoms with Crippen LogP contribution >= 0.6 is 0 Å². The van der Waals surface area contributed by atoms with Gasteiger partial charge in [0, 0.05) is 39.5 Å². The van der Waals surface area contributed by atoms with Gasteiger partial charge in [-0.15, -0.1) is 0 Å². The lowest BCUT2D eigenvalue weighted by Gasteiger charge is -2.24. The van der Waals surface area contributed by atoms with E-state index in [4.69, 9.17) is 4.74 Å². The van der Waals surface area contributed by atoms with Crippen LogP contribution in [0, 0.1) is 12.8 Å². The van der Waals surface area contributed by atoms with Crippen LogP contribution in [0.5, 0.6) is 0 Å². The molecule has 2 rings (SSSR count). The smallest absolute Gasteiger partial charge is 0.131 e. The largest absolute Gasteiger partial charge is 0.383 e. The van der Waals surface area contributed by atoms with Gasteiger partial charge in [0.2, 0.25) is 0 Å². The minimum Gasteiger partial charge on any atom is -0.383 e. The molecular weight excluding hydrogens is 250 g/mol. The molecule has 1 aliphatic rings. The molecule has 1 aliphatic carbocycles. The highest BCUT2D eigenvalue weighted by Crippen LogP contribution is 2.31. The Balaban J connectivity index is 1.93. The van der Waals surface area contributed by atoms with Gasteiger partial charge in [0.15, 0.2) is 0 Å². The fraction of sp³-hybridized carbons (Fsp3) is 0.688. The normalized spacial score (nSPS) is 14.6. The maximum Gasteiger partial charge on any atom is 0.131 e. The molecule has 1 aromatic rings. The molecule has 4 heteroatoms. The lowest BCUT2D eigenvalue weighted by molar-refractivity contribution is 0.199. The molecule has 0 saturated heterocycles. The Bertz CT molecular complexity index is 418. The third kappa shape index (κ3) is 4.46. The Morgan fingerprint density at radius 2 is 2.25 bits per heavy atom. The zero-order valence-electron chi connectivity index (χ0n) is 13.0. The molecule has 0 radical (unpaired) electrons. The number of aryl methyl sites for hydroxylation is 1. The molecular formula is C16H27N3O. The summed E-state index contributed by atoms with van der Waals surface area (Å²) in [5, 5.41) is 3.36. The summed E-state index contributed by atoms with van der Waals surface area (Å²) in [6.45, 7) is 9.05. The standard InChI is InChI=1S/C16H27N3O/c1-4-19(12-14-5-6-14)16-13(2)9-15(11-18-16)10-17-7-8-20-3/h9,11,14,17H,4-8,10,12H2,1-3H3. The Kier molecular flexibility index (Phi) is 5.80. The summed E-state index contributed by atoms with van der Waals surface area (Å²) in [5.41, 5.74) is 2.52. The quantitative estimate of drug-likeness (QED) is 0.703. The second-order valence-electron chi connectivity index (χ2n) is 5.64. The number of methoxy groups -OCH3 is 1. The van der Waals surface area contributed by atoms with Crippen molar-refractivity contribution in [2.45, 2.75) is 33.2 Å². The average Bonchev–Trinajstić information content (AvgIpc) is 3.26. The molecule has 0 aliphatic heterocycles. The third-order valence-electron chi connectivity index (χ3n) is 3.78. The van der Waals surface area contributed by atoms with Crippen molar-refractivity contribution in [3.05, 3.63) is 23.4 Å². The molecule has 20 heavy (non-hydrogen) atoms. The number of nitrogens with zero attached hydrogens (tertiary/aromatic N) is 2. The molecule has 0 amide bonds. The van der Waals surface area contributed by atoms with Crippen LogP contribution in [0.1, 0.15) is 30.9 Å². The summed E-state index contributed by atoms with van der Waals surface area (Å²) < 4.78 is 5.03. The monoisotopic (exact) mass is 277 g/mol. The van der Waals surface area contributed by atoms with E-state index in [0.29, 0.717) is 0 Å². The maximum atomic E-state index is 5.03. The summed E-state index contributed by atoms with van der Waals surface area (Å²) >= 11 is 0. The van der Waals surface area contributed by atoms with Gasteiger partial charge >= 0.3 is 0 Å². The van der Waals surface area contributed by atoms with E-state index in [1.165, 1.54) is 24.0 Å². The Morgan fingerprint density at radius 3 is 2.85 bits per heavy atom. The lowest BCUT2D eigenvalue weighted by atomic mass is 10.2. The van der Waals surface area contributed by atoms with E-state index in [2.05, 4.69) is 35.1 Å². The summed E-state index contributed by atoms with van der Waals surface area (Å²) in [7, 11) is 1.72. The van der Waals surface area contributed by atoms with E-state index in [0.717, 1.165) is 44.5 Å². The van der Waals surface area contributed by atoms with Crippen LogP contribution in [-0.4, -0.2) is 38.3 Å². The molecule has 0 spiro atoms. The molecule has 1 N–H and O–H groups in total. The summed E-state index contributed by atoms with van der Waals surface area (Å²) in [6, 6.07) is 2.25. The number of hydrogen-bond acceptors (Lipinski definition) is 4. The van der Waals surface area contributed by atoms with Crippen LogP contribution in [0.4, 0.5) is 5.82 Å². The molecule has 0 aromatic carbocycles. The molecule has 1 fully saturated rings. The second kappa shape index (κ2) is 7.60. The first-order valence-electron chi connectivity index (χ1n) is 7.64. The third-order valence-corrected chi connectivity index (χ3v) is 3.78. The van der Waals surface area contributed by atoms with Gasteiger partial charge in [-0.25, -0.2) is 4.98 Å². The molecule has 1 saturated carbocycles. The lowest BCUT2D eigenvalue weighted by Crippen LogP contribution is -2.27. The number of aromatic nitrogens is 1. The first-order chi connectivity index (χ1) is 9.74. The van der Waals surface area contributed by atoms with Gasteiger partial charge in [-0.1, -0.05) is 0 Å². The Labute approximate surface area is 122 Å². The van der Waals surface area contributed by atoms with Crippen molar-refractivity contribution >= 4 is 5.82 Å². The van der Waals surface area contributed by atoms with E-state index in [1.54, 1.807) is 7.11 Å². The highest BCUT2D eigenvalue weighted by Gasteiger charge is 2.24. The van der Waals surface area contributed by atoms with Crippen LogP contribution in [0.2, 0.25) is 0 Å². The van der Waals surface area contributed by atoms with E-state index < -0.39 is 0 Å². The molecule has 112 valence electrons. The topological polar surface area (TPSA) is 37.4 Å². The summed E-state index contributed by atoms with van der Waals surface area (Å²) in [4.78, 5) is 7.10. The van der Waals surface area contributed by atoms with Crippen LogP contribution in [-0.2, 0) is 11.3 Å². The minimum atomic E-state index is 0.746.